The normalized spacial score (nSPS) is 30.3. The highest BCUT2D eigenvalue weighted by molar-refractivity contribution is 6.01. The Labute approximate surface area is 144 Å². The maximum Gasteiger partial charge on any atom is 0.0412 e. The van der Waals surface area contributed by atoms with Crippen molar-refractivity contribution in [2.75, 3.05) is 6.54 Å². The van der Waals surface area contributed by atoms with E-state index in [-0.39, 0.29) is 0 Å². The first-order valence-corrected chi connectivity index (χ1v) is 9.44. The zero-order chi connectivity index (χ0) is 17.5. The molecule has 0 spiro atoms. The molecule has 3 unspecified atom stereocenters. The van der Waals surface area contributed by atoms with Crippen molar-refractivity contribution < 1.29 is 0 Å². The molecule has 2 fully saturated rings. The van der Waals surface area contributed by atoms with Crippen molar-refractivity contribution in [3.8, 4) is 0 Å². The Bertz CT molecular complexity index is 433. The maximum atomic E-state index is 5.02. The Morgan fingerprint density at radius 2 is 2.09 bits per heavy atom. The van der Waals surface area contributed by atoms with Gasteiger partial charge in [0.25, 0.3) is 0 Å². The molecule has 2 heteroatoms. The quantitative estimate of drug-likeness (QED) is 0.623. The van der Waals surface area contributed by atoms with E-state index in [2.05, 4.69) is 53.0 Å². The summed E-state index contributed by atoms with van der Waals surface area (Å²) in [5.41, 5.74) is 8.06. The summed E-state index contributed by atoms with van der Waals surface area (Å²) in [5, 5.41) is 0. The number of nitrogens with two attached hydrogens (primary N) is 1. The molecule has 0 aromatic heterocycles. The van der Waals surface area contributed by atoms with Crippen LogP contribution in [-0.2, 0) is 0 Å². The van der Waals surface area contributed by atoms with Crippen molar-refractivity contribution in [2.24, 2.45) is 33.9 Å². The average molecular weight is 319 g/mol. The number of fused-ring (bicyclic) bond motifs is 1. The lowest BCUT2D eigenvalue weighted by atomic mass is 9.59. The van der Waals surface area contributed by atoms with E-state index in [1.807, 2.05) is 0 Å². The summed E-state index contributed by atoms with van der Waals surface area (Å²) in [7, 11) is 0. The predicted octanol–water partition coefficient (Wildman–Crippen LogP) is 5.74. The molecule has 0 radical (unpaired) electrons. The van der Waals surface area contributed by atoms with Crippen LogP contribution < -0.4 is 5.73 Å². The first-order valence-electron chi connectivity index (χ1n) is 9.44. The van der Waals surface area contributed by atoms with Gasteiger partial charge < -0.3 is 5.73 Å². The molecule has 2 aliphatic rings. The first kappa shape index (κ1) is 20.0. The summed E-state index contributed by atoms with van der Waals surface area (Å²) in [5.74, 6) is 2.57. The molecule has 2 saturated carbocycles. The Morgan fingerprint density at radius 1 is 1.43 bits per heavy atom. The van der Waals surface area contributed by atoms with Crippen molar-refractivity contribution in [3.63, 3.8) is 0 Å². The van der Waals surface area contributed by atoms with E-state index in [1.54, 1.807) is 0 Å². The third kappa shape index (κ3) is 5.22. The molecule has 0 heterocycles. The number of nitrogens with zero attached hydrogens (tertiary/aromatic N) is 1. The van der Waals surface area contributed by atoms with Gasteiger partial charge in [0.1, 0.15) is 0 Å². The summed E-state index contributed by atoms with van der Waals surface area (Å²) in [6.07, 6.45) is 11.7. The van der Waals surface area contributed by atoms with E-state index < -0.39 is 0 Å². The predicted molar refractivity (Wildman–Crippen MR) is 104 cm³/mol. The van der Waals surface area contributed by atoms with Gasteiger partial charge in [0.15, 0.2) is 0 Å². The lowest BCUT2D eigenvalue weighted by Gasteiger charge is -2.45. The number of rotatable bonds is 6. The fourth-order valence-corrected chi connectivity index (χ4v) is 4.46. The molecular formula is C21H38N2. The van der Waals surface area contributed by atoms with Crippen LogP contribution in [0, 0.1) is 23.2 Å². The van der Waals surface area contributed by atoms with Gasteiger partial charge in [-0.25, -0.2) is 0 Å². The Kier molecular flexibility index (Phi) is 8.08. The van der Waals surface area contributed by atoms with Crippen LogP contribution >= 0.6 is 0 Å². The zero-order valence-corrected chi connectivity index (χ0v) is 16.1. The second kappa shape index (κ2) is 9.30. The van der Waals surface area contributed by atoms with Gasteiger partial charge in [0.2, 0.25) is 0 Å². The molecule has 0 bridgehead atoms. The monoisotopic (exact) mass is 318 g/mol. The van der Waals surface area contributed by atoms with Gasteiger partial charge >= 0.3 is 0 Å². The molecule has 2 nitrogen and oxygen atoms in total. The third-order valence-electron chi connectivity index (χ3n) is 5.25. The molecule has 2 rings (SSSR count). The first-order chi connectivity index (χ1) is 10.9. The lowest BCUT2D eigenvalue weighted by molar-refractivity contribution is 0.149. The molecule has 23 heavy (non-hydrogen) atoms. The van der Waals surface area contributed by atoms with Crippen LogP contribution in [0.5, 0.6) is 0 Å². The van der Waals surface area contributed by atoms with Gasteiger partial charge in [0, 0.05) is 17.7 Å². The van der Waals surface area contributed by atoms with E-state index in [0.717, 1.165) is 30.7 Å². The second-order valence-corrected chi connectivity index (χ2v) is 8.03. The lowest BCUT2D eigenvalue weighted by Crippen LogP contribution is -2.42. The van der Waals surface area contributed by atoms with Crippen LogP contribution in [0.3, 0.4) is 0 Å². The molecule has 0 aliphatic heterocycles. The molecule has 0 saturated heterocycles. The Morgan fingerprint density at radius 3 is 2.52 bits per heavy atom. The van der Waals surface area contributed by atoms with Crippen molar-refractivity contribution in [1.29, 1.82) is 0 Å². The highest BCUT2D eigenvalue weighted by atomic mass is 14.8. The van der Waals surface area contributed by atoms with Gasteiger partial charge in [-0.05, 0) is 75.5 Å². The van der Waals surface area contributed by atoms with Crippen molar-refractivity contribution in [3.05, 3.63) is 24.4 Å². The van der Waals surface area contributed by atoms with Crippen molar-refractivity contribution in [2.45, 2.75) is 73.1 Å². The molecule has 3 atom stereocenters. The molecule has 0 amide bonds. The third-order valence-corrected chi connectivity index (χ3v) is 5.25. The topological polar surface area (TPSA) is 38.4 Å². The summed E-state index contributed by atoms with van der Waals surface area (Å²) in [6.45, 7) is 15.7. The maximum absolute atomic E-state index is 5.02. The Balaban J connectivity index is 0.000000816. The summed E-state index contributed by atoms with van der Waals surface area (Å²) in [6, 6.07) is 0. The van der Waals surface area contributed by atoms with Crippen LogP contribution in [-0.4, -0.2) is 12.3 Å². The Hall–Kier alpha value is -1.05. The highest BCUT2D eigenvalue weighted by Gasteiger charge is 2.54. The minimum absolute atomic E-state index is 0.465. The van der Waals surface area contributed by atoms with Crippen LogP contribution in [0.2, 0.25) is 0 Å². The number of aliphatic imine (C=N–C) groups is 1. The molecular weight excluding hydrogens is 280 g/mol. The SMILES string of the molecule is C=CN.CCCN=C(/C=C(\C)CC(C)C)C12CCC1CC(C)C2. The minimum Gasteiger partial charge on any atom is -0.405 e. The van der Waals surface area contributed by atoms with E-state index in [4.69, 9.17) is 4.99 Å². The van der Waals surface area contributed by atoms with Crippen LogP contribution in [0.15, 0.2) is 29.4 Å². The van der Waals surface area contributed by atoms with E-state index in [1.165, 1.54) is 49.6 Å². The average Bonchev–Trinajstić information content (AvgIpc) is 2.67. The van der Waals surface area contributed by atoms with E-state index in [0.29, 0.717) is 5.41 Å². The van der Waals surface area contributed by atoms with Gasteiger partial charge in [0.05, 0.1) is 0 Å². The zero-order valence-electron chi connectivity index (χ0n) is 16.1. The number of allylic oxidation sites excluding steroid dienone is 2. The smallest absolute Gasteiger partial charge is 0.0412 e. The minimum atomic E-state index is 0.465. The van der Waals surface area contributed by atoms with E-state index in [9.17, 15) is 0 Å². The molecule has 2 N–H and O–H groups in total. The van der Waals surface area contributed by atoms with E-state index >= 15 is 0 Å². The molecule has 2 aliphatic carbocycles. The number of hydrogen-bond acceptors (Lipinski definition) is 2. The summed E-state index contributed by atoms with van der Waals surface area (Å²) in [4.78, 5) is 5.02. The van der Waals surface area contributed by atoms with Gasteiger partial charge in [-0.3, -0.25) is 4.99 Å². The van der Waals surface area contributed by atoms with Crippen molar-refractivity contribution in [1.82, 2.24) is 0 Å². The fraction of sp³-hybridized carbons (Fsp3) is 0.762. The summed E-state index contributed by atoms with van der Waals surface area (Å²) >= 11 is 0. The fourth-order valence-electron chi connectivity index (χ4n) is 4.46. The van der Waals surface area contributed by atoms with Crippen LogP contribution in [0.4, 0.5) is 0 Å². The van der Waals surface area contributed by atoms with Crippen LogP contribution in [0.25, 0.3) is 0 Å². The van der Waals surface area contributed by atoms with Crippen molar-refractivity contribution >= 4 is 5.71 Å². The molecule has 0 aromatic rings. The summed E-state index contributed by atoms with van der Waals surface area (Å²) < 4.78 is 0. The second-order valence-electron chi connectivity index (χ2n) is 8.03. The highest BCUT2D eigenvalue weighted by Crippen LogP contribution is 2.60. The number of hydrogen-bond donors (Lipinski definition) is 1. The van der Waals surface area contributed by atoms with Gasteiger partial charge in [-0.2, -0.15) is 0 Å². The standard InChI is InChI=1S/C19H33N.C2H5N/c1-6-9-20-18(12-15(4)10-14(2)3)19-8-7-17(19)11-16(5)13-19;1-2-3/h12,14,16-17H,6-11,13H2,1-5H3;2H,1,3H2/b15-12+,20-18?;. The molecule has 132 valence electrons. The molecule has 0 aromatic carbocycles. The largest absolute Gasteiger partial charge is 0.405 e. The van der Waals surface area contributed by atoms with Gasteiger partial charge in [-0.15, -0.1) is 0 Å². The van der Waals surface area contributed by atoms with Crippen LogP contribution in [0.1, 0.15) is 73.1 Å². The van der Waals surface area contributed by atoms with Gasteiger partial charge in [-0.1, -0.05) is 39.8 Å².